The maximum Gasteiger partial charge on any atom is 0.254 e. The minimum absolute atomic E-state index is 0.00699. The van der Waals surface area contributed by atoms with Crippen LogP contribution in [0.4, 0.5) is 8.78 Å². The lowest BCUT2D eigenvalue weighted by molar-refractivity contribution is -0.140. The average Bonchev–Trinajstić information content (AvgIpc) is 2.69. The smallest absolute Gasteiger partial charge is 0.254 e. The number of nitrogens with zero attached hydrogens (tertiary/aromatic N) is 3. The summed E-state index contributed by atoms with van der Waals surface area (Å²) in [4.78, 5) is 34.6. The molecule has 0 spiro atoms. The second kappa shape index (κ2) is 8.23. The van der Waals surface area contributed by atoms with Gasteiger partial charge in [-0.25, -0.2) is 18.7 Å². The quantitative estimate of drug-likeness (QED) is 0.856. The standard InChI is InChI=1S/C21H24F2N4O2/c1-21(2,3)20(29)27-8-6-15(7-9-27)26-19(28)13-11-24-18(25-12-13)16-10-14(22)4-5-17(16)23/h4-5,10-12,15H,6-9H2,1-3H3,(H,26,28). The van der Waals surface area contributed by atoms with Crippen molar-refractivity contribution in [2.75, 3.05) is 13.1 Å². The van der Waals surface area contributed by atoms with E-state index in [2.05, 4.69) is 15.3 Å². The highest BCUT2D eigenvalue weighted by molar-refractivity contribution is 5.94. The molecule has 1 saturated heterocycles. The van der Waals surface area contributed by atoms with Crippen molar-refractivity contribution in [1.29, 1.82) is 0 Å². The van der Waals surface area contributed by atoms with Crippen molar-refractivity contribution in [2.24, 2.45) is 5.41 Å². The van der Waals surface area contributed by atoms with E-state index < -0.39 is 17.0 Å². The molecule has 1 aliphatic rings. The van der Waals surface area contributed by atoms with Crippen LogP contribution in [0.1, 0.15) is 44.0 Å². The lowest BCUT2D eigenvalue weighted by Crippen LogP contribution is -2.49. The molecule has 1 N–H and O–H groups in total. The summed E-state index contributed by atoms with van der Waals surface area (Å²) in [5, 5.41) is 2.92. The first-order valence-electron chi connectivity index (χ1n) is 9.53. The van der Waals surface area contributed by atoms with Gasteiger partial charge in [0.15, 0.2) is 5.82 Å². The van der Waals surface area contributed by atoms with Crippen LogP contribution in [0.2, 0.25) is 0 Å². The fourth-order valence-corrected chi connectivity index (χ4v) is 3.22. The second-order valence-electron chi connectivity index (χ2n) is 8.21. The summed E-state index contributed by atoms with van der Waals surface area (Å²) in [6.45, 7) is 6.86. The Kier molecular flexibility index (Phi) is 5.91. The minimum Gasteiger partial charge on any atom is -0.349 e. The van der Waals surface area contributed by atoms with Crippen molar-refractivity contribution < 1.29 is 18.4 Å². The number of carbonyl (C=O) groups is 2. The van der Waals surface area contributed by atoms with Crippen LogP contribution in [-0.2, 0) is 4.79 Å². The van der Waals surface area contributed by atoms with E-state index in [1.165, 1.54) is 12.4 Å². The predicted octanol–water partition coefficient (Wildman–Crippen LogP) is 3.19. The summed E-state index contributed by atoms with van der Waals surface area (Å²) in [6, 6.07) is 2.98. The number of carbonyl (C=O) groups excluding carboxylic acids is 2. The monoisotopic (exact) mass is 402 g/mol. The van der Waals surface area contributed by atoms with Gasteiger partial charge >= 0.3 is 0 Å². The average molecular weight is 402 g/mol. The number of rotatable bonds is 3. The normalized spacial score (nSPS) is 15.3. The number of nitrogens with one attached hydrogen (secondary N) is 1. The zero-order valence-corrected chi connectivity index (χ0v) is 16.7. The van der Waals surface area contributed by atoms with E-state index in [0.29, 0.717) is 25.9 Å². The Morgan fingerprint density at radius 1 is 1.10 bits per heavy atom. The molecule has 0 atom stereocenters. The third kappa shape index (κ3) is 4.93. The van der Waals surface area contributed by atoms with E-state index in [-0.39, 0.29) is 34.8 Å². The lowest BCUT2D eigenvalue weighted by atomic mass is 9.93. The highest BCUT2D eigenvalue weighted by Crippen LogP contribution is 2.22. The van der Waals surface area contributed by atoms with Crippen molar-refractivity contribution >= 4 is 11.8 Å². The molecular formula is C21H24F2N4O2. The maximum atomic E-state index is 13.8. The second-order valence-corrected chi connectivity index (χ2v) is 8.21. The molecule has 154 valence electrons. The largest absolute Gasteiger partial charge is 0.349 e. The van der Waals surface area contributed by atoms with Gasteiger partial charge in [-0.1, -0.05) is 20.8 Å². The molecule has 1 aliphatic heterocycles. The van der Waals surface area contributed by atoms with Gasteiger partial charge in [-0.15, -0.1) is 0 Å². The van der Waals surface area contributed by atoms with Crippen molar-refractivity contribution in [1.82, 2.24) is 20.2 Å². The highest BCUT2D eigenvalue weighted by Gasteiger charge is 2.30. The van der Waals surface area contributed by atoms with E-state index >= 15 is 0 Å². The topological polar surface area (TPSA) is 75.2 Å². The zero-order chi connectivity index (χ0) is 21.2. The Bertz CT molecular complexity index is 902. The highest BCUT2D eigenvalue weighted by atomic mass is 19.1. The molecule has 2 amide bonds. The van der Waals surface area contributed by atoms with Gasteiger partial charge < -0.3 is 10.2 Å². The van der Waals surface area contributed by atoms with Crippen molar-refractivity contribution in [3.05, 3.63) is 47.8 Å². The molecule has 0 aliphatic carbocycles. The molecule has 3 rings (SSSR count). The van der Waals surface area contributed by atoms with E-state index in [1.807, 2.05) is 25.7 Å². The Hall–Kier alpha value is -2.90. The molecule has 2 heterocycles. The molecule has 0 bridgehead atoms. The summed E-state index contributed by atoms with van der Waals surface area (Å²) >= 11 is 0. The van der Waals surface area contributed by atoms with Gasteiger partial charge in [-0.3, -0.25) is 9.59 Å². The fraction of sp³-hybridized carbons (Fsp3) is 0.429. The summed E-state index contributed by atoms with van der Waals surface area (Å²) < 4.78 is 27.2. The summed E-state index contributed by atoms with van der Waals surface area (Å²) in [6.07, 6.45) is 3.92. The van der Waals surface area contributed by atoms with Gasteiger partial charge in [0.25, 0.3) is 5.91 Å². The summed E-state index contributed by atoms with van der Waals surface area (Å²) in [7, 11) is 0. The molecule has 6 nitrogen and oxygen atoms in total. The van der Waals surface area contributed by atoms with E-state index in [9.17, 15) is 18.4 Å². The van der Waals surface area contributed by atoms with Crippen molar-refractivity contribution in [2.45, 2.75) is 39.7 Å². The summed E-state index contributed by atoms with van der Waals surface area (Å²) in [5.41, 5.74) is -0.248. The number of halogens is 2. The Balaban J connectivity index is 1.59. The molecule has 0 unspecified atom stereocenters. The number of hydrogen-bond acceptors (Lipinski definition) is 4. The molecule has 1 fully saturated rings. The van der Waals surface area contributed by atoms with Gasteiger partial charge in [0.1, 0.15) is 11.6 Å². The maximum absolute atomic E-state index is 13.8. The lowest BCUT2D eigenvalue weighted by Gasteiger charge is -2.36. The molecule has 8 heteroatoms. The molecule has 29 heavy (non-hydrogen) atoms. The number of benzene rings is 1. The number of likely N-dealkylation sites (tertiary alicyclic amines) is 1. The Morgan fingerprint density at radius 3 is 2.31 bits per heavy atom. The molecule has 0 radical (unpaired) electrons. The Labute approximate surface area is 168 Å². The van der Waals surface area contributed by atoms with Gasteiger partial charge in [-0.2, -0.15) is 0 Å². The summed E-state index contributed by atoms with van der Waals surface area (Å²) in [5.74, 6) is -1.46. The molecule has 0 saturated carbocycles. The van der Waals surface area contributed by atoms with Crippen LogP contribution in [-0.4, -0.2) is 45.8 Å². The molecule has 1 aromatic carbocycles. The third-order valence-corrected chi connectivity index (χ3v) is 4.84. The van der Waals surface area contributed by atoms with Gasteiger partial charge in [0, 0.05) is 36.9 Å². The molecular weight excluding hydrogens is 378 g/mol. The van der Waals surface area contributed by atoms with Crippen molar-refractivity contribution in [3.63, 3.8) is 0 Å². The Morgan fingerprint density at radius 2 is 1.72 bits per heavy atom. The minimum atomic E-state index is -0.639. The molecule has 1 aromatic heterocycles. The molecule has 2 aromatic rings. The van der Waals surface area contributed by atoms with Crippen LogP contribution in [0.3, 0.4) is 0 Å². The SMILES string of the molecule is CC(C)(C)C(=O)N1CCC(NC(=O)c2cnc(-c3cc(F)ccc3F)nc2)CC1. The zero-order valence-electron chi connectivity index (χ0n) is 16.7. The number of amides is 2. The fourth-order valence-electron chi connectivity index (χ4n) is 3.22. The first-order valence-corrected chi connectivity index (χ1v) is 9.53. The first kappa shape index (κ1) is 20.8. The van der Waals surface area contributed by atoms with E-state index in [4.69, 9.17) is 0 Å². The van der Waals surface area contributed by atoms with Crippen molar-refractivity contribution in [3.8, 4) is 11.4 Å². The predicted molar refractivity (Wildman–Crippen MR) is 104 cm³/mol. The van der Waals surface area contributed by atoms with Crippen LogP contribution in [0.25, 0.3) is 11.4 Å². The van der Waals surface area contributed by atoms with Gasteiger partial charge in [0.05, 0.1) is 11.1 Å². The van der Waals surface area contributed by atoms with Crippen LogP contribution in [0.5, 0.6) is 0 Å². The van der Waals surface area contributed by atoms with Crippen LogP contribution >= 0.6 is 0 Å². The van der Waals surface area contributed by atoms with Crippen LogP contribution in [0, 0.1) is 17.0 Å². The number of piperidine rings is 1. The van der Waals surface area contributed by atoms with Crippen LogP contribution < -0.4 is 5.32 Å². The van der Waals surface area contributed by atoms with Gasteiger partial charge in [0.2, 0.25) is 5.91 Å². The number of aromatic nitrogens is 2. The van der Waals surface area contributed by atoms with E-state index in [1.54, 1.807) is 0 Å². The first-order chi connectivity index (χ1) is 13.6. The van der Waals surface area contributed by atoms with E-state index in [0.717, 1.165) is 18.2 Å². The van der Waals surface area contributed by atoms with Crippen LogP contribution in [0.15, 0.2) is 30.6 Å². The van der Waals surface area contributed by atoms with Gasteiger partial charge in [-0.05, 0) is 31.0 Å². The third-order valence-electron chi connectivity index (χ3n) is 4.84. The number of hydrogen-bond donors (Lipinski definition) is 1.